The number of hydrogen-bond donors (Lipinski definition) is 1. The van der Waals surface area contributed by atoms with Gasteiger partial charge in [0.1, 0.15) is 6.61 Å². The lowest BCUT2D eigenvalue weighted by atomic mass is 10.0. The first-order chi connectivity index (χ1) is 13.9. The van der Waals surface area contributed by atoms with Crippen molar-refractivity contribution in [3.05, 3.63) is 42.0 Å². The first kappa shape index (κ1) is 20.9. The second-order valence-electron chi connectivity index (χ2n) is 6.55. The molecule has 1 aliphatic heterocycles. The highest BCUT2D eigenvalue weighted by Gasteiger charge is 2.24. The molecule has 0 radical (unpaired) electrons. The van der Waals surface area contributed by atoms with Gasteiger partial charge in [0.15, 0.2) is 11.5 Å². The average molecular weight is 420 g/mol. The van der Waals surface area contributed by atoms with Gasteiger partial charge >= 0.3 is 0 Å². The van der Waals surface area contributed by atoms with Gasteiger partial charge in [0.25, 0.3) is 15.9 Å². The fourth-order valence-electron chi connectivity index (χ4n) is 3.32. The van der Waals surface area contributed by atoms with E-state index < -0.39 is 10.0 Å². The van der Waals surface area contributed by atoms with Crippen LogP contribution in [-0.2, 0) is 26.0 Å². The van der Waals surface area contributed by atoms with E-state index in [0.29, 0.717) is 23.7 Å². The van der Waals surface area contributed by atoms with E-state index in [0.717, 1.165) is 24.1 Å². The number of carbonyl (C=O) groups is 1. The molecule has 156 valence electrons. The van der Waals surface area contributed by atoms with E-state index in [1.54, 1.807) is 29.2 Å². The van der Waals surface area contributed by atoms with E-state index >= 15 is 0 Å². The van der Waals surface area contributed by atoms with Crippen molar-refractivity contribution in [1.82, 2.24) is 0 Å². The Morgan fingerprint density at radius 1 is 1.07 bits per heavy atom. The predicted molar refractivity (Wildman–Crippen MR) is 109 cm³/mol. The summed E-state index contributed by atoms with van der Waals surface area (Å²) in [5.41, 5.74) is 2.13. The van der Waals surface area contributed by atoms with Gasteiger partial charge in [-0.2, -0.15) is 0 Å². The van der Waals surface area contributed by atoms with E-state index in [2.05, 4.69) is 4.72 Å². The van der Waals surface area contributed by atoms with Crippen LogP contribution in [0.15, 0.2) is 41.3 Å². The lowest BCUT2D eigenvalue weighted by Gasteiger charge is -2.29. The minimum absolute atomic E-state index is 0.00707. The lowest BCUT2D eigenvalue weighted by molar-refractivity contribution is -0.122. The number of methoxy groups -OCH3 is 3. The normalized spacial score (nSPS) is 13.6. The maximum atomic E-state index is 12.8. The fraction of sp³-hybridized carbons (Fsp3) is 0.350. The molecule has 0 bridgehead atoms. The molecule has 8 nitrogen and oxygen atoms in total. The molecule has 29 heavy (non-hydrogen) atoms. The number of carbonyl (C=O) groups excluding carboxylic acids is 1. The zero-order valence-corrected chi connectivity index (χ0v) is 17.4. The van der Waals surface area contributed by atoms with Crippen molar-refractivity contribution >= 4 is 27.3 Å². The summed E-state index contributed by atoms with van der Waals surface area (Å²) in [5.74, 6) is 0.654. The summed E-state index contributed by atoms with van der Waals surface area (Å²) in [4.78, 5) is 14.0. The first-order valence-corrected chi connectivity index (χ1v) is 10.5. The van der Waals surface area contributed by atoms with Crippen molar-refractivity contribution in [3.63, 3.8) is 0 Å². The average Bonchev–Trinajstić information content (AvgIpc) is 2.72. The van der Waals surface area contributed by atoms with Crippen LogP contribution in [0.25, 0.3) is 0 Å². The standard InChI is InChI=1S/C20H24N2O6S/c1-26-13-20(23)22-10-4-5-14-11-15(6-8-17(14)22)21-29(24,25)16-7-9-18(27-2)19(12-16)28-3/h6-9,11-12,21H,4-5,10,13H2,1-3H3. The summed E-state index contributed by atoms with van der Waals surface area (Å²) in [7, 11) is 0.589. The molecule has 1 N–H and O–H groups in total. The molecule has 2 aromatic rings. The van der Waals surface area contributed by atoms with Gasteiger partial charge in [-0.3, -0.25) is 9.52 Å². The SMILES string of the molecule is COCC(=O)N1CCCc2cc(NS(=O)(=O)c3ccc(OC)c(OC)c3)ccc21. The second-order valence-corrected chi connectivity index (χ2v) is 8.23. The van der Waals surface area contributed by atoms with Crippen LogP contribution >= 0.6 is 0 Å². The van der Waals surface area contributed by atoms with E-state index in [1.807, 2.05) is 0 Å². The number of nitrogens with one attached hydrogen (secondary N) is 1. The summed E-state index contributed by atoms with van der Waals surface area (Å²) < 4.78 is 43.5. The van der Waals surface area contributed by atoms with Gasteiger partial charge in [-0.1, -0.05) is 0 Å². The number of benzene rings is 2. The van der Waals surface area contributed by atoms with Crippen molar-refractivity contribution in [2.75, 3.05) is 44.1 Å². The number of hydrogen-bond acceptors (Lipinski definition) is 6. The summed E-state index contributed by atoms with van der Waals surface area (Å²) in [6.07, 6.45) is 1.56. The number of sulfonamides is 1. The molecule has 0 spiro atoms. The molecule has 2 aromatic carbocycles. The third-order valence-corrected chi connectivity index (χ3v) is 6.06. The number of fused-ring (bicyclic) bond motifs is 1. The van der Waals surface area contributed by atoms with Crippen LogP contribution in [0.5, 0.6) is 11.5 Å². The Morgan fingerprint density at radius 2 is 1.83 bits per heavy atom. The summed E-state index contributed by atoms with van der Waals surface area (Å²) >= 11 is 0. The van der Waals surface area contributed by atoms with E-state index in [4.69, 9.17) is 14.2 Å². The molecule has 0 fully saturated rings. The van der Waals surface area contributed by atoms with Gasteiger partial charge in [-0.05, 0) is 48.7 Å². The van der Waals surface area contributed by atoms with Crippen LogP contribution in [0, 0.1) is 0 Å². The van der Waals surface area contributed by atoms with Gasteiger partial charge in [0.05, 0.1) is 19.1 Å². The number of anilines is 2. The van der Waals surface area contributed by atoms with Crippen LogP contribution in [0.2, 0.25) is 0 Å². The van der Waals surface area contributed by atoms with Crippen molar-refractivity contribution in [2.24, 2.45) is 0 Å². The maximum Gasteiger partial charge on any atom is 0.262 e. The van der Waals surface area contributed by atoms with Crippen LogP contribution in [0.1, 0.15) is 12.0 Å². The number of rotatable bonds is 7. The third kappa shape index (κ3) is 4.46. The summed E-state index contributed by atoms with van der Waals surface area (Å²) in [5, 5.41) is 0. The second kappa shape index (κ2) is 8.71. The van der Waals surface area contributed by atoms with Crippen molar-refractivity contribution in [3.8, 4) is 11.5 Å². The van der Waals surface area contributed by atoms with Gasteiger partial charge < -0.3 is 19.1 Å². The van der Waals surface area contributed by atoms with Gasteiger partial charge in [0, 0.05) is 31.1 Å². The number of nitrogens with zero attached hydrogens (tertiary/aromatic N) is 1. The molecule has 0 aliphatic carbocycles. The van der Waals surface area contributed by atoms with E-state index in [1.165, 1.54) is 33.5 Å². The van der Waals surface area contributed by atoms with Crippen LogP contribution < -0.4 is 19.1 Å². The zero-order chi connectivity index (χ0) is 21.0. The van der Waals surface area contributed by atoms with E-state index in [9.17, 15) is 13.2 Å². The van der Waals surface area contributed by atoms with Crippen LogP contribution in [0.3, 0.4) is 0 Å². The monoisotopic (exact) mass is 420 g/mol. The molecule has 1 aliphatic rings. The van der Waals surface area contributed by atoms with Gasteiger partial charge in [-0.15, -0.1) is 0 Å². The highest BCUT2D eigenvalue weighted by atomic mass is 32.2. The highest BCUT2D eigenvalue weighted by molar-refractivity contribution is 7.92. The Morgan fingerprint density at radius 3 is 2.52 bits per heavy atom. The lowest BCUT2D eigenvalue weighted by Crippen LogP contribution is -2.37. The topological polar surface area (TPSA) is 94.2 Å². The molecular weight excluding hydrogens is 396 g/mol. The first-order valence-electron chi connectivity index (χ1n) is 9.06. The van der Waals surface area contributed by atoms with E-state index in [-0.39, 0.29) is 17.4 Å². The summed E-state index contributed by atoms with van der Waals surface area (Å²) in [6.45, 7) is 0.624. The number of aryl methyl sites for hydroxylation is 1. The number of ether oxygens (including phenoxy) is 3. The molecule has 0 unspecified atom stereocenters. The highest BCUT2D eigenvalue weighted by Crippen LogP contribution is 2.32. The fourth-order valence-corrected chi connectivity index (χ4v) is 4.38. The molecule has 0 aromatic heterocycles. The number of amides is 1. The quantitative estimate of drug-likeness (QED) is 0.739. The largest absolute Gasteiger partial charge is 0.493 e. The molecule has 0 saturated carbocycles. The predicted octanol–water partition coefficient (Wildman–Crippen LogP) is 2.43. The van der Waals surface area contributed by atoms with Crippen molar-refractivity contribution < 1.29 is 27.4 Å². The molecular formula is C20H24N2O6S. The molecule has 9 heteroatoms. The Bertz CT molecular complexity index is 1010. The van der Waals surface area contributed by atoms with Crippen molar-refractivity contribution in [1.29, 1.82) is 0 Å². The van der Waals surface area contributed by atoms with Crippen LogP contribution in [0.4, 0.5) is 11.4 Å². The smallest absolute Gasteiger partial charge is 0.262 e. The molecule has 0 atom stereocenters. The minimum atomic E-state index is -3.82. The molecule has 0 saturated heterocycles. The van der Waals surface area contributed by atoms with Crippen LogP contribution in [-0.4, -0.2) is 48.8 Å². The minimum Gasteiger partial charge on any atom is -0.493 e. The molecule has 1 heterocycles. The molecule has 1 amide bonds. The maximum absolute atomic E-state index is 12.8. The Labute approximate surface area is 170 Å². The van der Waals surface area contributed by atoms with Gasteiger partial charge in [0.2, 0.25) is 0 Å². The van der Waals surface area contributed by atoms with Gasteiger partial charge in [-0.25, -0.2) is 8.42 Å². The Balaban J connectivity index is 1.86. The van der Waals surface area contributed by atoms with Crippen molar-refractivity contribution in [2.45, 2.75) is 17.7 Å². The Kier molecular flexibility index (Phi) is 6.29. The Hall–Kier alpha value is -2.78. The molecule has 3 rings (SSSR count). The zero-order valence-electron chi connectivity index (χ0n) is 16.6. The third-order valence-electron chi connectivity index (χ3n) is 4.68. The summed E-state index contributed by atoms with van der Waals surface area (Å²) in [6, 6.07) is 9.57.